The molecule has 1 aliphatic rings. The predicted molar refractivity (Wildman–Crippen MR) is 84.9 cm³/mol. The third-order valence-corrected chi connectivity index (χ3v) is 3.63. The summed E-state index contributed by atoms with van der Waals surface area (Å²) in [7, 11) is 0. The zero-order chi connectivity index (χ0) is 13.8. The van der Waals surface area contributed by atoms with Crippen LogP contribution in [0.4, 0.5) is 0 Å². The Morgan fingerprint density at radius 2 is 1.16 bits per heavy atom. The second-order valence-electron chi connectivity index (χ2n) is 6.78. The number of nitrogens with one attached hydrogen (secondary N) is 2. The average Bonchev–Trinajstić information content (AvgIpc) is 2.22. The van der Waals surface area contributed by atoms with Gasteiger partial charge in [-0.25, -0.2) is 0 Å². The van der Waals surface area contributed by atoms with Gasteiger partial charge in [-0.05, 0) is 25.9 Å². The van der Waals surface area contributed by atoms with E-state index in [1.54, 1.807) is 0 Å². The molecule has 108 valence electrons. The van der Waals surface area contributed by atoms with Crippen LogP contribution in [0, 0.1) is 0 Å². The van der Waals surface area contributed by atoms with Crippen LogP contribution in [0.3, 0.4) is 0 Å². The molecule has 1 rings (SSSR count). The van der Waals surface area contributed by atoms with E-state index in [9.17, 15) is 0 Å². The van der Waals surface area contributed by atoms with Gasteiger partial charge in [-0.15, -0.1) is 9.49 Å². The summed E-state index contributed by atoms with van der Waals surface area (Å²) in [4.78, 5) is 0. The van der Waals surface area contributed by atoms with Gasteiger partial charge < -0.3 is 35.9 Å². The molecule has 1 saturated carbocycles. The molecule has 2 atom stereocenters. The van der Waals surface area contributed by atoms with Crippen molar-refractivity contribution in [2.45, 2.75) is 75.0 Å². The molecular weight excluding hydrogens is 326 g/mol. The summed E-state index contributed by atoms with van der Waals surface area (Å²) in [6, 6.07) is 1.11. The summed E-state index contributed by atoms with van der Waals surface area (Å²) >= 11 is 10.8. The van der Waals surface area contributed by atoms with Crippen LogP contribution < -0.4 is 10.6 Å². The first-order chi connectivity index (χ1) is 8.17. The molecule has 2 unspecified atom stereocenters. The minimum Gasteiger partial charge on any atom is -0.785 e. The Kier molecular flexibility index (Phi) is 9.19. The number of hydrogen-bond acceptors (Lipinski definition) is 4. The summed E-state index contributed by atoms with van der Waals surface area (Å²) in [6.07, 6.45) is 5.15. The van der Waals surface area contributed by atoms with Crippen LogP contribution in [0.2, 0.25) is 0 Å². The smallest absolute Gasteiger partial charge is 0.785 e. The third kappa shape index (κ3) is 9.74. The normalized spacial score (nSPS) is 24.9. The molecule has 0 bridgehead atoms. The van der Waals surface area contributed by atoms with Gasteiger partial charge in [0.25, 0.3) is 0 Å². The maximum Gasteiger partial charge on any atom is 2.00 e. The number of rotatable bonds is 6. The van der Waals surface area contributed by atoms with E-state index in [1.807, 2.05) is 0 Å². The molecular formula is C14H28N2S2Zn. The van der Waals surface area contributed by atoms with Crippen molar-refractivity contribution in [3.8, 4) is 0 Å². The minimum absolute atomic E-state index is 0. The van der Waals surface area contributed by atoms with Crippen LogP contribution in [0.5, 0.6) is 0 Å². The Bertz CT molecular complexity index is 223. The van der Waals surface area contributed by atoms with E-state index in [4.69, 9.17) is 25.3 Å². The Morgan fingerprint density at radius 3 is 1.42 bits per heavy atom. The van der Waals surface area contributed by atoms with E-state index in [-0.39, 0.29) is 29.0 Å². The zero-order valence-corrected chi connectivity index (χ0v) is 17.5. The molecule has 0 spiro atoms. The summed E-state index contributed by atoms with van der Waals surface area (Å²) in [5.41, 5.74) is 0. The first-order valence-electron chi connectivity index (χ1n) is 7.05. The maximum absolute atomic E-state index is 5.42. The fraction of sp³-hybridized carbons (Fsp3) is 1.00. The van der Waals surface area contributed by atoms with Crippen LogP contribution in [0.15, 0.2) is 0 Å². The summed E-state index contributed by atoms with van der Waals surface area (Å²) in [5, 5.41) is 7.29. The van der Waals surface area contributed by atoms with Crippen molar-refractivity contribution in [3.05, 3.63) is 0 Å². The summed E-state index contributed by atoms with van der Waals surface area (Å²) < 4.78 is -0.113. The third-order valence-electron chi connectivity index (χ3n) is 3.35. The molecule has 0 aromatic heterocycles. The zero-order valence-electron chi connectivity index (χ0n) is 12.9. The van der Waals surface area contributed by atoms with Gasteiger partial charge in [0, 0.05) is 12.1 Å². The molecule has 0 aromatic rings. The van der Waals surface area contributed by atoms with Crippen LogP contribution in [-0.4, -0.2) is 34.7 Å². The molecule has 2 nitrogen and oxygen atoms in total. The van der Waals surface area contributed by atoms with Gasteiger partial charge in [0.2, 0.25) is 0 Å². The van der Waals surface area contributed by atoms with Crippen molar-refractivity contribution < 1.29 is 19.5 Å². The second-order valence-corrected chi connectivity index (χ2v) is 8.99. The fourth-order valence-electron chi connectivity index (χ4n) is 2.37. The first kappa shape index (κ1) is 20.2. The molecule has 19 heavy (non-hydrogen) atoms. The monoisotopic (exact) mass is 352 g/mol. The van der Waals surface area contributed by atoms with Crippen molar-refractivity contribution in [2.24, 2.45) is 0 Å². The molecule has 0 aromatic carbocycles. The first-order valence-corrected chi connectivity index (χ1v) is 7.87. The minimum atomic E-state index is -0.0563. The second kappa shape index (κ2) is 8.63. The SMILES string of the molecule is CC(C)([S-])CNC1CCCCC1NCC(C)(C)[S-].[Zn+2]. The molecule has 2 N–H and O–H groups in total. The van der Waals surface area contributed by atoms with E-state index in [1.165, 1.54) is 25.7 Å². The molecule has 0 radical (unpaired) electrons. The summed E-state index contributed by atoms with van der Waals surface area (Å²) in [5.74, 6) is 0. The Labute approximate surface area is 143 Å². The van der Waals surface area contributed by atoms with Gasteiger partial charge in [-0.1, -0.05) is 40.5 Å². The van der Waals surface area contributed by atoms with Crippen LogP contribution >= 0.6 is 0 Å². The van der Waals surface area contributed by atoms with Gasteiger partial charge >= 0.3 is 19.5 Å². The van der Waals surface area contributed by atoms with Gasteiger partial charge in [-0.2, -0.15) is 0 Å². The van der Waals surface area contributed by atoms with Gasteiger partial charge in [0.1, 0.15) is 0 Å². The summed E-state index contributed by atoms with van der Waals surface area (Å²) in [6.45, 7) is 10.2. The molecule has 1 fully saturated rings. The Hall–Kier alpha value is 1.24. The van der Waals surface area contributed by atoms with Crippen molar-refractivity contribution in [1.82, 2.24) is 10.6 Å². The topological polar surface area (TPSA) is 24.1 Å². The fourth-order valence-corrected chi connectivity index (χ4v) is 2.54. The Morgan fingerprint density at radius 1 is 0.842 bits per heavy atom. The van der Waals surface area contributed by atoms with Crippen LogP contribution in [0.25, 0.3) is 0 Å². The van der Waals surface area contributed by atoms with Gasteiger partial charge in [0.05, 0.1) is 0 Å². The number of hydrogen-bond donors (Lipinski definition) is 2. The predicted octanol–water partition coefficient (Wildman–Crippen LogP) is 2.13. The van der Waals surface area contributed by atoms with Crippen LogP contribution in [-0.2, 0) is 44.7 Å². The quantitative estimate of drug-likeness (QED) is 0.564. The molecule has 5 heteroatoms. The van der Waals surface area contributed by atoms with Crippen LogP contribution in [0.1, 0.15) is 53.4 Å². The van der Waals surface area contributed by atoms with Gasteiger partial charge in [0.15, 0.2) is 0 Å². The van der Waals surface area contributed by atoms with E-state index in [0.29, 0.717) is 12.1 Å². The van der Waals surface area contributed by atoms with Crippen molar-refractivity contribution in [1.29, 1.82) is 0 Å². The molecule has 0 heterocycles. The molecule has 0 aliphatic heterocycles. The van der Waals surface area contributed by atoms with E-state index < -0.39 is 0 Å². The van der Waals surface area contributed by atoms with Crippen molar-refractivity contribution in [3.63, 3.8) is 0 Å². The largest absolute Gasteiger partial charge is 2.00 e. The van der Waals surface area contributed by atoms with Gasteiger partial charge in [-0.3, -0.25) is 0 Å². The van der Waals surface area contributed by atoms with E-state index in [2.05, 4.69) is 38.3 Å². The van der Waals surface area contributed by atoms with Crippen molar-refractivity contribution >= 4 is 25.3 Å². The standard InChI is InChI=1S/C14H30N2S2.Zn/c1-13(2,17)9-15-11-7-5-6-8-12(11)16-10-14(3,4)18;/h11-12,15-18H,5-10H2,1-4H3;/q;+2/p-2. The molecule has 1 aliphatic carbocycles. The van der Waals surface area contributed by atoms with E-state index >= 15 is 0 Å². The molecule has 0 saturated heterocycles. The maximum atomic E-state index is 5.42. The van der Waals surface area contributed by atoms with Crippen molar-refractivity contribution in [2.75, 3.05) is 13.1 Å². The molecule has 0 amide bonds. The van der Waals surface area contributed by atoms with E-state index in [0.717, 1.165) is 13.1 Å². The Balaban J connectivity index is 0.00000324. The average molecular weight is 354 g/mol.